The number of carbonyl (C=O) groups is 3. The number of carboxylic acid groups (broad SMARTS) is 1. The molecule has 1 aromatic heterocycles. The Balaban J connectivity index is 2.02. The van der Waals surface area contributed by atoms with Crippen molar-refractivity contribution in [3.8, 4) is 0 Å². The molecule has 2 rings (SSSR count). The summed E-state index contributed by atoms with van der Waals surface area (Å²) in [6, 6.07) is -0.0145. The first kappa shape index (κ1) is 25.3. The van der Waals surface area contributed by atoms with Gasteiger partial charge >= 0.3 is 12.0 Å². The first-order chi connectivity index (χ1) is 15.3. The van der Waals surface area contributed by atoms with Gasteiger partial charge in [-0.2, -0.15) is 0 Å². The fourth-order valence-corrected chi connectivity index (χ4v) is 3.04. The number of carbonyl (C=O) groups excluding carboxylic acids is 2. The third-order valence-electron chi connectivity index (χ3n) is 5.05. The summed E-state index contributed by atoms with van der Waals surface area (Å²) >= 11 is 0. The van der Waals surface area contributed by atoms with E-state index in [1.165, 1.54) is 6.20 Å². The molecule has 3 atom stereocenters. The molecule has 32 heavy (non-hydrogen) atoms. The lowest BCUT2D eigenvalue weighted by Crippen LogP contribution is -2.57. The molecule has 1 fully saturated rings. The summed E-state index contributed by atoms with van der Waals surface area (Å²) in [6.07, 6.45) is 3.06. The van der Waals surface area contributed by atoms with Gasteiger partial charge in [-0.15, -0.1) is 0 Å². The molecule has 0 aromatic carbocycles. The summed E-state index contributed by atoms with van der Waals surface area (Å²) in [5, 5.41) is 17.3. The van der Waals surface area contributed by atoms with Crippen molar-refractivity contribution in [2.75, 3.05) is 32.2 Å². The topological polar surface area (TPSA) is 165 Å². The number of nitrogens with zero attached hydrogens (tertiary/aromatic N) is 1. The largest absolute Gasteiger partial charge is 0.480 e. The molecule has 1 aromatic rings. The molecule has 6 N–H and O–H groups in total. The average Bonchev–Trinajstić information content (AvgIpc) is 2.73. The van der Waals surface area contributed by atoms with Gasteiger partial charge in [0.2, 0.25) is 5.91 Å². The summed E-state index contributed by atoms with van der Waals surface area (Å²) in [7, 11) is 0. The molecule has 0 aliphatic carbocycles. The third-order valence-corrected chi connectivity index (χ3v) is 5.05. The maximum absolute atomic E-state index is 12.8. The fraction of sp³-hybridized carbons (Fsp3) is 0.619. The number of pyridine rings is 1. The molecule has 0 bridgehead atoms. The van der Waals surface area contributed by atoms with Gasteiger partial charge < -0.3 is 36.3 Å². The molecule has 0 spiro atoms. The lowest BCUT2D eigenvalue weighted by atomic mass is 10.0. The zero-order valence-corrected chi connectivity index (χ0v) is 18.5. The highest BCUT2D eigenvalue weighted by molar-refractivity contribution is 5.89. The molecular weight excluding hydrogens is 418 g/mol. The van der Waals surface area contributed by atoms with Gasteiger partial charge in [0.05, 0.1) is 19.3 Å². The normalized spacial score (nSPS) is 21.5. The van der Waals surface area contributed by atoms with Crippen molar-refractivity contribution >= 4 is 23.7 Å². The van der Waals surface area contributed by atoms with E-state index in [2.05, 4.69) is 20.9 Å². The molecule has 3 amide bonds. The Morgan fingerprint density at radius 3 is 2.53 bits per heavy atom. The predicted molar refractivity (Wildman–Crippen MR) is 117 cm³/mol. The first-order valence-electron chi connectivity index (χ1n) is 10.7. The van der Waals surface area contributed by atoms with E-state index in [9.17, 15) is 19.5 Å². The van der Waals surface area contributed by atoms with Crippen molar-refractivity contribution in [1.29, 1.82) is 0 Å². The van der Waals surface area contributed by atoms with Crippen LogP contribution in [0.5, 0.6) is 0 Å². The molecule has 11 nitrogen and oxygen atoms in total. The number of amides is 3. The number of nitrogen functional groups attached to an aromatic ring is 1. The maximum Gasteiger partial charge on any atom is 0.326 e. The van der Waals surface area contributed by atoms with Gasteiger partial charge in [0.1, 0.15) is 17.9 Å². The highest BCUT2D eigenvalue weighted by Gasteiger charge is 2.27. The van der Waals surface area contributed by atoms with Crippen molar-refractivity contribution in [3.63, 3.8) is 0 Å². The van der Waals surface area contributed by atoms with Crippen LogP contribution in [0.4, 0.5) is 10.6 Å². The van der Waals surface area contributed by atoms with E-state index >= 15 is 0 Å². The van der Waals surface area contributed by atoms with E-state index in [1.807, 2.05) is 13.8 Å². The Morgan fingerprint density at radius 1 is 1.25 bits per heavy atom. The van der Waals surface area contributed by atoms with E-state index in [0.717, 1.165) is 12.8 Å². The zero-order chi connectivity index (χ0) is 23.5. The SMILES string of the molecule is CC(C)C1COCCCCOC[C@@H](NC(=O)N[C@@H](Cc2ccc(N)nc2)C(=O)O)C(=O)N1. The molecule has 178 valence electrons. The first-order valence-corrected chi connectivity index (χ1v) is 10.7. The number of nitrogens with two attached hydrogens (primary N) is 1. The molecule has 2 heterocycles. The summed E-state index contributed by atoms with van der Waals surface area (Å²) in [6.45, 7) is 5.30. The lowest BCUT2D eigenvalue weighted by Gasteiger charge is -2.27. The Labute approximate surface area is 187 Å². The van der Waals surface area contributed by atoms with Crippen LogP contribution in [0.1, 0.15) is 32.3 Å². The summed E-state index contributed by atoms with van der Waals surface area (Å²) in [4.78, 5) is 40.9. The van der Waals surface area contributed by atoms with Crippen molar-refractivity contribution in [2.24, 2.45) is 5.92 Å². The summed E-state index contributed by atoms with van der Waals surface area (Å²) in [5.41, 5.74) is 6.14. The molecule has 1 aliphatic rings. The average molecular weight is 452 g/mol. The van der Waals surface area contributed by atoms with Gasteiger partial charge in [-0.25, -0.2) is 14.6 Å². The number of rotatable bonds is 6. The zero-order valence-electron chi connectivity index (χ0n) is 18.5. The van der Waals surface area contributed by atoms with Crippen molar-refractivity contribution < 1.29 is 29.0 Å². The van der Waals surface area contributed by atoms with E-state index in [0.29, 0.717) is 31.2 Å². The van der Waals surface area contributed by atoms with E-state index in [1.54, 1.807) is 12.1 Å². The van der Waals surface area contributed by atoms with Crippen LogP contribution in [-0.2, 0) is 25.5 Å². The van der Waals surface area contributed by atoms with Gasteiger partial charge in [0.15, 0.2) is 0 Å². The summed E-state index contributed by atoms with van der Waals surface area (Å²) in [5.74, 6) is -1.20. The number of ether oxygens (including phenoxy) is 2. The van der Waals surface area contributed by atoms with Crippen molar-refractivity contribution in [1.82, 2.24) is 20.9 Å². The van der Waals surface area contributed by atoms with E-state index in [-0.39, 0.29) is 25.0 Å². The van der Waals surface area contributed by atoms with Gasteiger partial charge in [0, 0.05) is 25.8 Å². The Morgan fingerprint density at radius 2 is 1.94 bits per heavy atom. The standard InChI is InChI=1S/C21H33N5O6/c1-13(2)16-11-31-7-3-4-8-32-12-17(19(27)24-16)26-21(30)25-15(20(28)29)9-14-5-6-18(22)23-10-14/h5-6,10,13,15-17H,3-4,7-9,11-12H2,1-2H3,(H2,22,23)(H,24,27)(H,28,29)(H2,25,26,30)/t15-,16?,17+/m0/s1. The molecule has 1 aliphatic heterocycles. The Bertz CT molecular complexity index is 758. The minimum Gasteiger partial charge on any atom is -0.480 e. The molecular formula is C21H33N5O6. The van der Waals surface area contributed by atoms with Crippen LogP contribution in [-0.4, -0.2) is 72.6 Å². The van der Waals surface area contributed by atoms with Gasteiger partial charge in [0.25, 0.3) is 0 Å². The number of nitrogens with one attached hydrogen (secondary N) is 3. The van der Waals surface area contributed by atoms with Crippen LogP contribution in [0.3, 0.4) is 0 Å². The maximum atomic E-state index is 12.8. The fourth-order valence-electron chi connectivity index (χ4n) is 3.04. The molecule has 1 saturated heterocycles. The van der Waals surface area contributed by atoms with Gasteiger partial charge in [-0.1, -0.05) is 19.9 Å². The minimum atomic E-state index is -1.22. The van der Waals surface area contributed by atoms with Gasteiger partial charge in [-0.3, -0.25) is 4.79 Å². The Hall–Kier alpha value is -2.92. The smallest absolute Gasteiger partial charge is 0.326 e. The Kier molecular flexibility index (Phi) is 10.2. The molecule has 1 unspecified atom stereocenters. The number of carboxylic acids is 1. The summed E-state index contributed by atoms with van der Waals surface area (Å²) < 4.78 is 11.2. The monoisotopic (exact) mass is 451 g/mol. The molecule has 0 radical (unpaired) electrons. The van der Waals surface area contributed by atoms with Crippen LogP contribution in [0, 0.1) is 5.92 Å². The van der Waals surface area contributed by atoms with Crippen molar-refractivity contribution in [2.45, 2.75) is 51.2 Å². The quantitative estimate of drug-likeness (QED) is 0.412. The van der Waals surface area contributed by atoms with Crippen molar-refractivity contribution in [3.05, 3.63) is 23.9 Å². The highest BCUT2D eigenvalue weighted by Crippen LogP contribution is 2.07. The van der Waals surface area contributed by atoms with E-state index < -0.39 is 30.0 Å². The second-order valence-corrected chi connectivity index (χ2v) is 8.07. The second kappa shape index (κ2) is 12.8. The third kappa shape index (κ3) is 8.67. The number of anilines is 1. The number of aromatic nitrogens is 1. The van der Waals surface area contributed by atoms with Crippen LogP contribution in [0.15, 0.2) is 18.3 Å². The predicted octanol–water partition coefficient (Wildman–Crippen LogP) is 0.295. The molecule has 0 saturated carbocycles. The number of hydrogen-bond acceptors (Lipinski definition) is 7. The molecule has 11 heteroatoms. The number of aliphatic carboxylic acids is 1. The second-order valence-electron chi connectivity index (χ2n) is 8.07. The number of urea groups is 1. The van der Waals surface area contributed by atoms with Gasteiger partial charge in [-0.05, 0) is 30.4 Å². The minimum absolute atomic E-state index is 0.0101. The van der Waals surface area contributed by atoms with Crippen LogP contribution >= 0.6 is 0 Å². The van der Waals surface area contributed by atoms with Crippen LogP contribution in [0.25, 0.3) is 0 Å². The van der Waals surface area contributed by atoms with Crippen LogP contribution in [0.2, 0.25) is 0 Å². The van der Waals surface area contributed by atoms with E-state index in [4.69, 9.17) is 15.2 Å². The highest BCUT2D eigenvalue weighted by atomic mass is 16.5. The number of hydrogen-bond donors (Lipinski definition) is 5. The lowest BCUT2D eigenvalue weighted by molar-refractivity contribution is -0.139. The van der Waals surface area contributed by atoms with Crippen LogP contribution < -0.4 is 21.7 Å².